The largest absolute Gasteiger partial charge is 0.470 e. The Labute approximate surface area is 152 Å². The van der Waals surface area contributed by atoms with E-state index in [0.29, 0.717) is 17.7 Å². The van der Waals surface area contributed by atoms with Crippen molar-refractivity contribution in [2.45, 2.75) is 31.2 Å². The minimum atomic E-state index is -0.708. The van der Waals surface area contributed by atoms with Gasteiger partial charge in [0.15, 0.2) is 0 Å². The molecular weight excluding hydrogens is 332 g/mol. The Morgan fingerprint density at radius 3 is 2.80 bits per heavy atom. The summed E-state index contributed by atoms with van der Waals surface area (Å²) in [5.41, 5.74) is 0.100. The van der Waals surface area contributed by atoms with Crippen molar-refractivity contribution in [2.24, 2.45) is 0 Å². The molecule has 2 unspecified atom stereocenters. The minimum absolute atomic E-state index is 0.259. The van der Waals surface area contributed by atoms with Gasteiger partial charge in [-0.15, -0.1) is 24.6 Å². The molecule has 0 saturated carbocycles. The molecule has 0 radical (unpaired) electrons. The number of hydrogen-bond acceptors (Lipinski definition) is 4. The zero-order valence-corrected chi connectivity index (χ0v) is 15.3. The zero-order valence-electron chi connectivity index (χ0n) is 14.5. The summed E-state index contributed by atoms with van der Waals surface area (Å²) in [4.78, 5) is 16.8. The van der Waals surface area contributed by atoms with Crippen molar-refractivity contribution >= 4 is 28.6 Å². The normalized spacial score (nSPS) is 14.0. The lowest BCUT2D eigenvalue weighted by Gasteiger charge is -2.26. The van der Waals surface area contributed by atoms with Crippen LogP contribution in [0.5, 0.6) is 5.75 Å². The maximum atomic E-state index is 12.5. The average molecular weight is 352 g/mol. The highest BCUT2D eigenvalue weighted by Crippen LogP contribution is 2.23. The number of aromatic nitrogens is 1. The second-order valence-corrected chi connectivity index (χ2v) is 6.63. The van der Waals surface area contributed by atoms with Crippen LogP contribution in [0.4, 0.5) is 0 Å². The Bertz CT molecular complexity index is 866. The molecule has 25 heavy (non-hydrogen) atoms. The van der Waals surface area contributed by atoms with Crippen LogP contribution in [-0.4, -0.2) is 28.1 Å². The Morgan fingerprint density at radius 1 is 1.44 bits per heavy atom. The quantitative estimate of drug-likeness (QED) is 0.641. The molecule has 1 aromatic heterocycles. The molecule has 1 N–H and O–H groups in total. The van der Waals surface area contributed by atoms with Gasteiger partial charge in [-0.1, -0.05) is 18.8 Å². The fourth-order valence-electron chi connectivity index (χ4n) is 2.15. The fourth-order valence-corrected chi connectivity index (χ4v) is 2.63. The molecule has 4 nitrogen and oxygen atoms in total. The van der Waals surface area contributed by atoms with E-state index in [2.05, 4.69) is 22.1 Å². The third kappa shape index (κ3) is 4.47. The first kappa shape index (κ1) is 18.7. The predicted molar refractivity (Wildman–Crippen MR) is 103 cm³/mol. The molecule has 2 rings (SSSR count). The minimum Gasteiger partial charge on any atom is -0.470 e. The van der Waals surface area contributed by atoms with Crippen LogP contribution in [0.1, 0.15) is 25.8 Å². The molecule has 2 atom stereocenters. The number of carbonyl (C=O) groups is 1. The lowest BCUT2D eigenvalue weighted by molar-refractivity contribution is -0.125. The molecule has 0 aliphatic carbocycles. The predicted octanol–water partition coefficient (Wildman–Crippen LogP) is 3.20. The number of benzene rings is 1. The highest BCUT2D eigenvalue weighted by Gasteiger charge is 2.27. The summed E-state index contributed by atoms with van der Waals surface area (Å²) < 4.78 is 5.84. The topological polar surface area (TPSA) is 51.2 Å². The molecule has 1 aromatic carbocycles. The summed E-state index contributed by atoms with van der Waals surface area (Å²) in [6.07, 6.45) is 15.0. The lowest BCUT2D eigenvalue weighted by atomic mass is 10.0. The van der Waals surface area contributed by atoms with E-state index in [0.717, 1.165) is 10.9 Å². The van der Waals surface area contributed by atoms with E-state index in [1.165, 1.54) is 11.8 Å². The molecule has 1 amide bonds. The third-order valence-corrected chi connectivity index (χ3v) is 4.65. The molecule has 128 valence electrons. The number of pyridine rings is 1. The van der Waals surface area contributed by atoms with E-state index in [-0.39, 0.29) is 5.91 Å². The van der Waals surface area contributed by atoms with Gasteiger partial charge in [0.2, 0.25) is 5.44 Å². The monoisotopic (exact) mass is 352 g/mol. The van der Waals surface area contributed by atoms with E-state index in [4.69, 9.17) is 17.6 Å². The summed E-state index contributed by atoms with van der Waals surface area (Å²) >= 11 is 1.30. The van der Waals surface area contributed by atoms with Gasteiger partial charge in [0.1, 0.15) is 5.75 Å². The number of amides is 1. The third-order valence-electron chi connectivity index (χ3n) is 3.92. The van der Waals surface area contributed by atoms with Gasteiger partial charge >= 0.3 is 0 Å². The van der Waals surface area contributed by atoms with Crippen LogP contribution < -0.4 is 10.1 Å². The van der Waals surface area contributed by atoms with Crippen molar-refractivity contribution < 1.29 is 9.53 Å². The summed E-state index contributed by atoms with van der Waals surface area (Å²) in [5.74, 6) is 5.48. The van der Waals surface area contributed by atoms with Gasteiger partial charge < -0.3 is 10.1 Å². The molecule has 0 saturated heterocycles. The van der Waals surface area contributed by atoms with E-state index >= 15 is 0 Å². The zero-order chi connectivity index (χ0) is 18.4. The molecule has 1 heterocycles. The van der Waals surface area contributed by atoms with E-state index in [1.807, 2.05) is 38.3 Å². The number of carbonyl (C=O) groups excluding carboxylic acids is 1. The van der Waals surface area contributed by atoms with Crippen molar-refractivity contribution in [3.63, 3.8) is 0 Å². The Hall–Kier alpha value is -2.63. The summed E-state index contributed by atoms with van der Waals surface area (Å²) in [6.45, 7) is 3.74. The second-order valence-electron chi connectivity index (χ2n) is 5.73. The molecule has 0 spiro atoms. The highest BCUT2D eigenvalue weighted by molar-refractivity contribution is 7.99. The average Bonchev–Trinajstić information content (AvgIpc) is 2.65. The molecule has 0 bridgehead atoms. The molecular formula is C20H20N2O2S. The number of rotatable bonds is 6. The number of ether oxygens (including phenoxy) is 1. The number of nitrogens with zero attached hydrogens (tertiary/aromatic N) is 1. The maximum Gasteiger partial charge on any atom is 0.272 e. The van der Waals surface area contributed by atoms with Crippen LogP contribution in [0.25, 0.3) is 10.9 Å². The van der Waals surface area contributed by atoms with Gasteiger partial charge in [-0.05, 0) is 43.9 Å². The van der Waals surface area contributed by atoms with Gasteiger partial charge in [0.25, 0.3) is 5.91 Å². The molecule has 0 aliphatic rings. The molecule has 0 fully saturated rings. The van der Waals surface area contributed by atoms with Crippen LogP contribution >= 0.6 is 11.8 Å². The number of thioether (sulfide) groups is 1. The first-order chi connectivity index (χ1) is 11.9. The SMILES string of the molecule is C#Cc1cnc2ccc(OC(SC)C(=O)NC(C)(C#C)CC)cc2c1. The van der Waals surface area contributed by atoms with Crippen LogP contribution in [0.15, 0.2) is 30.5 Å². The summed E-state index contributed by atoms with van der Waals surface area (Å²) in [7, 11) is 0. The van der Waals surface area contributed by atoms with Crippen LogP contribution in [0, 0.1) is 24.7 Å². The van der Waals surface area contributed by atoms with Gasteiger partial charge in [-0.3, -0.25) is 9.78 Å². The Kier molecular flexibility index (Phi) is 5.96. The molecule has 0 aliphatic heterocycles. The van der Waals surface area contributed by atoms with Gasteiger partial charge in [-0.2, -0.15) is 0 Å². The summed E-state index contributed by atoms with van der Waals surface area (Å²) in [6, 6.07) is 7.29. The summed E-state index contributed by atoms with van der Waals surface area (Å²) in [5, 5.41) is 3.72. The maximum absolute atomic E-state index is 12.5. The van der Waals surface area contributed by atoms with E-state index in [1.54, 1.807) is 12.3 Å². The second kappa shape index (κ2) is 7.96. The van der Waals surface area contributed by atoms with E-state index < -0.39 is 11.0 Å². The van der Waals surface area contributed by atoms with Crippen LogP contribution in [-0.2, 0) is 4.79 Å². The van der Waals surface area contributed by atoms with Gasteiger partial charge in [0, 0.05) is 17.1 Å². The Balaban J connectivity index is 2.21. The van der Waals surface area contributed by atoms with Crippen molar-refractivity contribution in [1.82, 2.24) is 10.3 Å². The van der Waals surface area contributed by atoms with Gasteiger partial charge in [-0.25, -0.2) is 0 Å². The number of fused-ring (bicyclic) bond motifs is 1. The first-order valence-corrected chi connectivity index (χ1v) is 9.09. The fraction of sp³-hybridized carbons (Fsp3) is 0.300. The van der Waals surface area contributed by atoms with E-state index in [9.17, 15) is 4.79 Å². The molecule has 5 heteroatoms. The lowest BCUT2D eigenvalue weighted by Crippen LogP contribution is -2.49. The van der Waals surface area contributed by atoms with Gasteiger partial charge in [0.05, 0.1) is 11.1 Å². The van der Waals surface area contributed by atoms with Crippen molar-refractivity contribution in [2.75, 3.05) is 6.26 Å². The van der Waals surface area contributed by atoms with Crippen LogP contribution in [0.3, 0.4) is 0 Å². The molecule has 2 aromatic rings. The van der Waals surface area contributed by atoms with Crippen molar-refractivity contribution in [3.05, 3.63) is 36.0 Å². The Morgan fingerprint density at radius 2 is 2.20 bits per heavy atom. The van der Waals surface area contributed by atoms with Crippen molar-refractivity contribution in [1.29, 1.82) is 0 Å². The highest BCUT2D eigenvalue weighted by atomic mass is 32.2. The number of hydrogen-bond donors (Lipinski definition) is 1. The van der Waals surface area contributed by atoms with Crippen molar-refractivity contribution in [3.8, 4) is 30.4 Å². The smallest absolute Gasteiger partial charge is 0.272 e. The first-order valence-electron chi connectivity index (χ1n) is 7.80. The number of nitrogens with one attached hydrogen (secondary N) is 1. The van der Waals surface area contributed by atoms with Crippen LogP contribution in [0.2, 0.25) is 0 Å². The number of terminal acetylenes is 2. The standard InChI is InChI=1S/C20H20N2O2S/c1-6-14-11-15-12-16(9-10-17(15)21-13-14)24-19(25-5)18(23)22-20(4,7-2)8-3/h1-2,9-13,19H,8H2,3-5H3,(H,22,23).